The molecule has 0 unspecified atom stereocenters. The van der Waals surface area contributed by atoms with E-state index in [4.69, 9.17) is 18.9 Å². The number of carbonyl (C=O) groups excluding carboxylic acids is 3. The molecule has 22 heavy (non-hydrogen) atoms. The molecule has 1 rings (SSSR count). The van der Waals surface area contributed by atoms with Crippen molar-refractivity contribution in [1.29, 1.82) is 0 Å². The second kappa shape index (κ2) is 7.48. The zero-order valence-corrected chi connectivity index (χ0v) is 12.6. The largest absolute Gasteiger partial charge is 0.456 e. The first kappa shape index (κ1) is 18.3. The van der Waals surface area contributed by atoms with Gasteiger partial charge in [-0.1, -0.05) is 0 Å². The molecule has 0 aromatic carbocycles. The van der Waals surface area contributed by atoms with Crippen LogP contribution in [0.3, 0.4) is 0 Å². The smallest absolute Gasteiger partial charge is 0.303 e. The minimum Gasteiger partial charge on any atom is -0.456 e. The fraction of sp³-hybridized carbons (Fsp3) is 0.769. The van der Waals surface area contributed by atoms with Gasteiger partial charge in [0.2, 0.25) is 0 Å². The summed E-state index contributed by atoms with van der Waals surface area (Å²) in [4.78, 5) is 33.5. The molecule has 9 heteroatoms. The lowest BCUT2D eigenvalue weighted by Gasteiger charge is -2.43. The minimum atomic E-state index is -2.98. The number of halogens is 2. The summed E-state index contributed by atoms with van der Waals surface area (Å²) in [5.41, 5.74) is 0. The third kappa shape index (κ3) is 4.62. The molecule has 0 aromatic rings. The lowest BCUT2D eigenvalue weighted by Crippen LogP contribution is -2.62. The van der Waals surface area contributed by atoms with Crippen LogP contribution in [-0.2, 0) is 33.3 Å². The lowest BCUT2D eigenvalue weighted by atomic mass is 9.95. The highest BCUT2D eigenvalue weighted by Crippen LogP contribution is 2.31. The molecule has 0 amide bonds. The third-order valence-electron chi connectivity index (χ3n) is 2.96. The van der Waals surface area contributed by atoms with Gasteiger partial charge in [0.15, 0.2) is 24.4 Å². The van der Waals surface area contributed by atoms with Crippen molar-refractivity contribution in [3.8, 4) is 0 Å². The summed E-state index contributed by atoms with van der Waals surface area (Å²) in [7, 11) is 0. The average molecular weight is 324 g/mol. The van der Waals surface area contributed by atoms with E-state index in [9.17, 15) is 23.2 Å². The molecule has 0 N–H and O–H groups in total. The highest BCUT2D eigenvalue weighted by atomic mass is 19.3. The van der Waals surface area contributed by atoms with E-state index in [-0.39, 0.29) is 0 Å². The monoisotopic (exact) mass is 324 g/mol. The van der Waals surface area contributed by atoms with E-state index in [1.165, 1.54) is 6.92 Å². The maximum Gasteiger partial charge on any atom is 0.303 e. The Balaban J connectivity index is 3.15. The predicted octanol–water partition coefficient (Wildman–Crippen LogP) is 0.834. The van der Waals surface area contributed by atoms with Crippen LogP contribution >= 0.6 is 0 Å². The van der Waals surface area contributed by atoms with E-state index in [1.807, 2.05) is 0 Å². The van der Waals surface area contributed by atoms with Gasteiger partial charge in [0.05, 0.1) is 6.10 Å². The first-order valence-electron chi connectivity index (χ1n) is 6.58. The number of alkyl halides is 2. The normalized spacial score (nSPS) is 31.5. The van der Waals surface area contributed by atoms with Gasteiger partial charge in [-0.05, 0) is 6.92 Å². The molecule has 1 saturated heterocycles. The lowest BCUT2D eigenvalue weighted by molar-refractivity contribution is -0.261. The molecule has 5 atom stereocenters. The van der Waals surface area contributed by atoms with Crippen molar-refractivity contribution >= 4 is 17.9 Å². The van der Waals surface area contributed by atoms with Gasteiger partial charge in [0.1, 0.15) is 0 Å². The summed E-state index contributed by atoms with van der Waals surface area (Å²) in [6.07, 6.45) is -9.88. The van der Waals surface area contributed by atoms with Crippen LogP contribution in [0, 0.1) is 0 Å². The molecule has 0 saturated carbocycles. The Morgan fingerprint density at radius 2 is 1.27 bits per heavy atom. The topological polar surface area (TPSA) is 88.1 Å². The summed E-state index contributed by atoms with van der Waals surface area (Å²) in [5, 5.41) is 0. The zero-order chi connectivity index (χ0) is 17.0. The highest BCUT2D eigenvalue weighted by molar-refractivity contribution is 5.68. The summed E-state index contributed by atoms with van der Waals surface area (Å²) < 4.78 is 46.1. The van der Waals surface area contributed by atoms with Crippen LogP contribution < -0.4 is 0 Å². The van der Waals surface area contributed by atoms with Crippen molar-refractivity contribution in [2.45, 2.75) is 64.6 Å². The van der Waals surface area contributed by atoms with E-state index in [0.717, 1.165) is 20.8 Å². The number of rotatable bonds is 4. The Morgan fingerprint density at radius 1 is 0.864 bits per heavy atom. The maximum atomic E-state index is 13.1. The van der Waals surface area contributed by atoms with E-state index in [0.29, 0.717) is 0 Å². The maximum absolute atomic E-state index is 13.1. The van der Waals surface area contributed by atoms with Gasteiger partial charge in [-0.15, -0.1) is 0 Å². The number of ether oxygens (including phenoxy) is 4. The van der Waals surface area contributed by atoms with Crippen molar-refractivity contribution in [2.75, 3.05) is 0 Å². The van der Waals surface area contributed by atoms with E-state index in [1.54, 1.807) is 0 Å². The predicted molar refractivity (Wildman–Crippen MR) is 67.0 cm³/mol. The summed E-state index contributed by atoms with van der Waals surface area (Å²) in [5.74, 6) is -2.36. The molecule has 1 fully saturated rings. The van der Waals surface area contributed by atoms with Crippen LogP contribution in [0.25, 0.3) is 0 Å². The quantitative estimate of drug-likeness (QED) is 0.559. The Bertz CT molecular complexity index is 440. The Kier molecular flexibility index (Phi) is 6.21. The standard InChI is InChI=1S/C13H18F2O7/c1-5-9(20-6(2)16)10(21-7(3)17)11(22-8(4)18)12(19-5)13(14)15/h5,9-13H,1-4H3/t5-,9+,10+,11-,12+/m0/s1. The molecule has 0 bridgehead atoms. The van der Waals surface area contributed by atoms with Gasteiger partial charge in [0.25, 0.3) is 6.43 Å². The van der Waals surface area contributed by atoms with Gasteiger partial charge in [-0.25, -0.2) is 8.78 Å². The van der Waals surface area contributed by atoms with Crippen LogP contribution in [0.1, 0.15) is 27.7 Å². The molecular weight excluding hydrogens is 306 g/mol. The Hall–Kier alpha value is -1.77. The fourth-order valence-electron chi connectivity index (χ4n) is 2.25. The van der Waals surface area contributed by atoms with Crippen molar-refractivity contribution in [1.82, 2.24) is 0 Å². The summed E-state index contributed by atoms with van der Waals surface area (Å²) in [6, 6.07) is 0. The van der Waals surface area contributed by atoms with Crippen molar-refractivity contribution in [3.05, 3.63) is 0 Å². The van der Waals surface area contributed by atoms with E-state index >= 15 is 0 Å². The van der Waals surface area contributed by atoms with Gasteiger partial charge < -0.3 is 18.9 Å². The molecule has 1 heterocycles. The Morgan fingerprint density at radius 3 is 1.68 bits per heavy atom. The molecule has 0 spiro atoms. The van der Waals surface area contributed by atoms with E-state index in [2.05, 4.69) is 0 Å². The van der Waals surface area contributed by atoms with Crippen LogP contribution in [0.5, 0.6) is 0 Å². The second-order valence-electron chi connectivity index (χ2n) is 4.86. The number of esters is 3. The first-order chi connectivity index (χ1) is 10.1. The Labute approximate surface area is 125 Å². The SMILES string of the molecule is CC(=O)O[C@@H]1[C@H](OC(C)=O)[C@H](C)O[C@@H](C(F)F)[C@H]1OC(C)=O. The number of hydrogen-bond donors (Lipinski definition) is 0. The summed E-state index contributed by atoms with van der Waals surface area (Å²) in [6.45, 7) is 4.58. The first-order valence-corrected chi connectivity index (χ1v) is 6.58. The molecule has 1 aliphatic rings. The van der Waals surface area contributed by atoms with Crippen LogP contribution in [0.4, 0.5) is 8.78 Å². The molecule has 126 valence electrons. The van der Waals surface area contributed by atoms with Crippen molar-refractivity contribution in [2.24, 2.45) is 0 Å². The van der Waals surface area contributed by atoms with Gasteiger partial charge in [-0.2, -0.15) is 0 Å². The van der Waals surface area contributed by atoms with Gasteiger partial charge >= 0.3 is 17.9 Å². The van der Waals surface area contributed by atoms with Crippen molar-refractivity contribution < 1.29 is 42.1 Å². The van der Waals surface area contributed by atoms with Crippen LogP contribution in [-0.4, -0.2) is 54.9 Å². The number of hydrogen-bond acceptors (Lipinski definition) is 7. The van der Waals surface area contributed by atoms with Crippen LogP contribution in [0.2, 0.25) is 0 Å². The second-order valence-corrected chi connectivity index (χ2v) is 4.86. The number of carbonyl (C=O) groups is 3. The highest BCUT2D eigenvalue weighted by Gasteiger charge is 2.53. The summed E-state index contributed by atoms with van der Waals surface area (Å²) >= 11 is 0. The molecule has 0 aromatic heterocycles. The van der Waals surface area contributed by atoms with Gasteiger partial charge in [-0.3, -0.25) is 14.4 Å². The van der Waals surface area contributed by atoms with Crippen molar-refractivity contribution in [3.63, 3.8) is 0 Å². The third-order valence-corrected chi connectivity index (χ3v) is 2.96. The molecule has 0 aliphatic carbocycles. The molecule has 0 radical (unpaired) electrons. The molecular formula is C13H18F2O7. The minimum absolute atomic E-state index is 0.713. The molecule has 1 aliphatic heterocycles. The fourth-order valence-corrected chi connectivity index (χ4v) is 2.25. The molecule has 7 nitrogen and oxygen atoms in total. The average Bonchev–Trinajstić information content (AvgIpc) is 2.34. The zero-order valence-electron chi connectivity index (χ0n) is 12.6. The van der Waals surface area contributed by atoms with Crippen LogP contribution in [0.15, 0.2) is 0 Å². The van der Waals surface area contributed by atoms with Gasteiger partial charge in [0, 0.05) is 20.8 Å². The van der Waals surface area contributed by atoms with E-state index < -0.39 is 54.9 Å².